The third-order valence-electron chi connectivity index (χ3n) is 8.31. The van der Waals surface area contributed by atoms with Crippen LogP contribution in [0.5, 0.6) is 0 Å². The Morgan fingerprint density at radius 2 is 1.53 bits per heavy atom. The maximum Gasteiger partial charge on any atom is 0.303 e. The highest BCUT2D eigenvalue weighted by Gasteiger charge is 2.63. The topological polar surface area (TPSA) is 116 Å². The van der Waals surface area contributed by atoms with Crippen LogP contribution < -0.4 is 0 Å². The highest BCUT2D eigenvalue weighted by molar-refractivity contribution is 5.97. The lowest BCUT2D eigenvalue weighted by Crippen LogP contribution is -2.64. The number of Topliss-reactive ketones (excluding diaryl/α,β-unsaturated/α-hetero) is 1. The molecule has 3 rings (SSSR count). The molecule has 2 fully saturated rings. The third kappa shape index (κ3) is 4.21. The molecule has 1 N–H and O–H groups in total. The molecule has 8 heteroatoms. The summed E-state index contributed by atoms with van der Waals surface area (Å²) in [4.78, 5) is 49.9. The van der Waals surface area contributed by atoms with Crippen molar-refractivity contribution in [3.8, 4) is 0 Å². The van der Waals surface area contributed by atoms with Crippen LogP contribution in [0.3, 0.4) is 0 Å². The van der Waals surface area contributed by atoms with Crippen molar-refractivity contribution in [2.75, 3.05) is 0 Å². The SMILES string of the molecule is C=C1[C@H]2CC3CC(=O)C(C)=C([C@@H](OC(C)=O)[C@H](OC(C)=O)[C@]2(C)[C@@H](OC(C)=O)C[C@@H]1O)C3(C)C. The monoisotopic (exact) mass is 476 g/mol. The Bertz CT molecular complexity index is 960. The number of esters is 3. The van der Waals surface area contributed by atoms with Crippen molar-refractivity contribution in [2.45, 2.75) is 92.1 Å². The standard InChI is InChI=1S/C26H36O8/c1-12-18-9-17-10-19(30)13(2)22(25(17,6)7)23(33-15(4)28)24(34-16(5)29)26(18,8)21(11-20(12)31)32-14(3)27/h17-18,20-21,23-24,31H,1,9-11H2,2-8H3/t17?,18-,20+,21+,23-,24+,26+/m1/s1. The van der Waals surface area contributed by atoms with Gasteiger partial charge in [0.05, 0.1) is 11.5 Å². The van der Waals surface area contributed by atoms with E-state index in [1.807, 2.05) is 20.8 Å². The van der Waals surface area contributed by atoms with E-state index in [0.29, 0.717) is 29.6 Å². The van der Waals surface area contributed by atoms with Crippen LogP contribution in [0.4, 0.5) is 0 Å². The van der Waals surface area contributed by atoms with Gasteiger partial charge in [0, 0.05) is 33.6 Å². The van der Waals surface area contributed by atoms with Crippen LogP contribution in [-0.2, 0) is 33.4 Å². The molecule has 0 saturated heterocycles. The van der Waals surface area contributed by atoms with E-state index in [0.717, 1.165) is 0 Å². The maximum absolute atomic E-state index is 13.1. The number of fused-ring (bicyclic) bond motifs is 3. The fourth-order valence-electron chi connectivity index (χ4n) is 6.50. The van der Waals surface area contributed by atoms with E-state index in [-0.39, 0.29) is 18.1 Å². The molecule has 8 nitrogen and oxygen atoms in total. The fourth-order valence-corrected chi connectivity index (χ4v) is 6.50. The van der Waals surface area contributed by atoms with Crippen LogP contribution in [0.15, 0.2) is 23.3 Å². The van der Waals surface area contributed by atoms with Gasteiger partial charge in [0.15, 0.2) is 18.0 Å². The van der Waals surface area contributed by atoms with E-state index in [2.05, 4.69) is 6.58 Å². The Labute approximate surface area is 200 Å². The molecule has 3 aliphatic carbocycles. The summed E-state index contributed by atoms with van der Waals surface area (Å²) >= 11 is 0. The molecular formula is C26H36O8. The summed E-state index contributed by atoms with van der Waals surface area (Å²) in [5.41, 5.74) is -0.00694. The van der Waals surface area contributed by atoms with Gasteiger partial charge in [0.1, 0.15) is 6.10 Å². The first-order valence-corrected chi connectivity index (χ1v) is 11.7. The number of carbonyl (C=O) groups is 4. The molecule has 0 heterocycles. The van der Waals surface area contributed by atoms with Crippen LogP contribution in [0.1, 0.15) is 67.7 Å². The van der Waals surface area contributed by atoms with Crippen molar-refractivity contribution >= 4 is 23.7 Å². The van der Waals surface area contributed by atoms with Gasteiger partial charge in [-0.2, -0.15) is 0 Å². The third-order valence-corrected chi connectivity index (χ3v) is 8.31. The van der Waals surface area contributed by atoms with Crippen molar-refractivity contribution in [3.05, 3.63) is 23.3 Å². The zero-order valence-electron chi connectivity index (χ0n) is 21.1. The van der Waals surface area contributed by atoms with Gasteiger partial charge in [-0.25, -0.2) is 0 Å². The van der Waals surface area contributed by atoms with E-state index in [1.54, 1.807) is 6.92 Å². The Hall–Kier alpha value is -2.48. The smallest absolute Gasteiger partial charge is 0.303 e. The molecule has 0 aliphatic heterocycles. The van der Waals surface area contributed by atoms with Crippen molar-refractivity contribution in [1.29, 1.82) is 0 Å². The largest absolute Gasteiger partial charge is 0.462 e. The number of aliphatic hydroxyl groups is 1. The molecular weight excluding hydrogens is 440 g/mol. The molecule has 3 aliphatic rings. The first kappa shape index (κ1) is 26.1. The van der Waals surface area contributed by atoms with Gasteiger partial charge in [-0.3, -0.25) is 19.2 Å². The number of ketones is 1. The molecule has 2 bridgehead atoms. The second-order valence-electron chi connectivity index (χ2n) is 10.7. The number of allylic oxidation sites excluding steroid dienone is 1. The van der Waals surface area contributed by atoms with E-state index < -0.39 is 59.1 Å². The zero-order chi connectivity index (χ0) is 25.7. The van der Waals surface area contributed by atoms with Gasteiger partial charge in [0.25, 0.3) is 0 Å². The number of hydrogen-bond donors (Lipinski definition) is 1. The summed E-state index contributed by atoms with van der Waals surface area (Å²) in [5.74, 6) is -2.41. The predicted octanol–water partition coefficient (Wildman–Crippen LogP) is 3.06. The summed E-state index contributed by atoms with van der Waals surface area (Å²) in [6, 6.07) is 0. The summed E-state index contributed by atoms with van der Waals surface area (Å²) in [6.07, 6.45) is -3.10. The Kier molecular flexibility index (Phi) is 6.88. The Morgan fingerprint density at radius 1 is 0.971 bits per heavy atom. The van der Waals surface area contributed by atoms with Gasteiger partial charge in [-0.05, 0) is 47.3 Å². The summed E-state index contributed by atoms with van der Waals surface area (Å²) < 4.78 is 17.5. The van der Waals surface area contributed by atoms with Gasteiger partial charge < -0.3 is 19.3 Å². The summed E-state index contributed by atoms with van der Waals surface area (Å²) in [7, 11) is 0. The van der Waals surface area contributed by atoms with Crippen LogP contribution in [0.25, 0.3) is 0 Å². The summed E-state index contributed by atoms with van der Waals surface area (Å²) in [6.45, 7) is 15.5. The van der Waals surface area contributed by atoms with Crippen LogP contribution >= 0.6 is 0 Å². The molecule has 2 saturated carbocycles. The second kappa shape index (κ2) is 8.95. The first-order chi connectivity index (χ1) is 15.6. The molecule has 34 heavy (non-hydrogen) atoms. The van der Waals surface area contributed by atoms with E-state index in [4.69, 9.17) is 14.2 Å². The number of hydrogen-bond acceptors (Lipinski definition) is 8. The lowest BCUT2D eigenvalue weighted by molar-refractivity contribution is -0.210. The van der Waals surface area contributed by atoms with Gasteiger partial charge in [0.2, 0.25) is 0 Å². The minimum atomic E-state index is -1.08. The summed E-state index contributed by atoms with van der Waals surface area (Å²) in [5, 5.41) is 10.8. The molecule has 0 aromatic heterocycles. The van der Waals surface area contributed by atoms with Crippen molar-refractivity contribution < 1.29 is 38.5 Å². The minimum Gasteiger partial charge on any atom is -0.462 e. The van der Waals surface area contributed by atoms with Crippen LogP contribution in [-0.4, -0.2) is 53.2 Å². The molecule has 1 unspecified atom stereocenters. The first-order valence-electron chi connectivity index (χ1n) is 11.7. The van der Waals surface area contributed by atoms with E-state index in [1.165, 1.54) is 20.8 Å². The molecule has 188 valence electrons. The Morgan fingerprint density at radius 3 is 2.06 bits per heavy atom. The molecule has 0 radical (unpaired) electrons. The lowest BCUT2D eigenvalue weighted by atomic mass is 9.50. The van der Waals surface area contributed by atoms with Gasteiger partial charge in [-0.15, -0.1) is 0 Å². The van der Waals surface area contributed by atoms with Crippen molar-refractivity contribution in [3.63, 3.8) is 0 Å². The van der Waals surface area contributed by atoms with Crippen molar-refractivity contribution in [2.24, 2.45) is 22.7 Å². The van der Waals surface area contributed by atoms with Crippen LogP contribution in [0, 0.1) is 22.7 Å². The highest BCUT2D eigenvalue weighted by atomic mass is 16.6. The molecule has 7 atom stereocenters. The number of carbonyl (C=O) groups excluding carboxylic acids is 4. The van der Waals surface area contributed by atoms with Gasteiger partial charge >= 0.3 is 17.9 Å². The van der Waals surface area contributed by atoms with Gasteiger partial charge in [-0.1, -0.05) is 27.4 Å². The maximum atomic E-state index is 13.1. The fraction of sp³-hybridized carbons (Fsp3) is 0.692. The molecule has 0 aromatic rings. The lowest BCUT2D eigenvalue weighted by Gasteiger charge is -2.58. The number of rotatable bonds is 3. The van der Waals surface area contributed by atoms with Crippen molar-refractivity contribution in [1.82, 2.24) is 0 Å². The van der Waals surface area contributed by atoms with E-state index in [9.17, 15) is 24.3 Å². The average molecular weight is 477 g/mol. The second-order valence-corrected chi connectivity index (χ2v) is 10.7. The Balaban J connectivity index is 2.37. The molecule has 0 amide bonds. The number of ether oxygens (including phenoxy) is 3. The van der Waals surface area contributed by atoms with E-state index >= 15 is 0 Å². The van der Waals surface area contributed by atoms with Crippen LogP contribution in [0.2, 0.25) is 0 Å². The minimum absolute atomic E-state index is 0.0554. The normalized spacial score (nSPS) is 37.2. The number of aliphatic hydroxyl groups excluding tert-OH is 1. The predicted molar refractivity (Wildman–Crippen MR) is 122 cm³/mol. The quantitative estimate of drug-likeness (QED) is 0.375. The highest BCUT2D eigenvalue weighted by Crippen LogP contribution is 2.60. The molecule has 0 spiro atoms. The zero-order valence-corrected chi connectivity index (χ0v) is 21.1. The molecule has 0 aromatic carbocycles. The average Bonchev–Trinajstić information content (AvgIpc) is 2.69.